The zero-order valence-corrected chi connectivity index (χ0v) is 17.3. The Hall–Kier alpha value is -1.80. The third-order valence-corrected chi connectivity index (χ3v) is 6.02. The van der Waals surface area contributed by atoms with Crippen LogP contribution in [0.2, 0.25) is 0 Å². The van der Waals surface area contributed by atoms with Gasteiger partial charge in [-0.05, 0) is 6.92 Å². The van der Waals surface area contributed by atoms with Crippen molar-refractivity contribution in [3.63, 3.8) is 0 Å². The van der Waals surface area contributed by atoms with Gasteiger partial charge in [0.1, 0.15) is 30.0 Å². The highest BCUT2D eigenvalue weighted by Crippen LogP contribution is 2.51. The number of hydrogen-bond acceptors (Lipinski definition) is 12. The first-order valence-electron chi connectivity index (χ1n) is 9.81. The van der Waals surface area contributed by atoms with E-state index in [2.05, 4.69) is 0 Å². The number of fused-ring (bicyclic) bond motifs is 1. The van der Waals surface area contributed by atoms with Gasteiger partial charge in [-0.25, -0.2) is 4.79 Å². The van der Waals surface area contributed by atoms with Crippen LogP contribution in [0.1, 0.15) is 20.3 Å². The molecule has 10 atom stereocenters. The van der Waals surface area contributed by atoms with Crippen LogP contribution in [0, 0.1) is 11.8 Å². The van der Waals surface area contributed by atoms with Crippen LogP contribution in [0.3, 0.4) is 0 Å². The molecule has 0 unspecified atom stereocenters. The van der Waals surface area contributed by atoms with Crippen LogP contribution < -0.4 is 0 Å². The number of hydrogen-bond donors (Lipinski definition) is 5. The topological polar surface area (TPSA) is 181 Å². The van der Waals surface area contributed by atoms with Crippen molar-refractivity contribution in [2.75, 3.05) is 13.7 Å². The minimum absolute atomic E-state index is 0.0181. The summed E-state index contributed by atoms with van der Waals surface area (Å²) >= 11 is 0. The normalized spacial score (nSPS) is 44.6. The first-order chi connectivity index (χ1) is 14.5. The lowest BCUT2D eigenvalue weighted by Crippen LogP contribution is -2.61. The molecule has 0 amide bonds. The molecule has 0 radical (unpaired) electrons. The van der Waals surface area contributed by atoms with Crippen LogP contribution in [-0.4, -0.2) is 99.9 Å². The summed E-state index contributed by atoms with van der Waals surface area (Å²) in [5, 5.41) is 50.3. The summed E-state index contributed by atoms with van der Waals surface area (Å²) < 4.78 is 26.8. The summed E-state index contributed by atoms with van der Waals surface area (Å²) in [5.74, 6) is -3.18. The van der Waals surface area contributed by atoms with Crippen molar-refractivity contribution >= 4 is 11.9 Å². The van der Waals surface area contributed by atoms with Gasteiger partial charge < -0.3 is 49.2 Å². The number of carbonyl (C=O) groups is 2. The Kier molecular flexibility index (Phi) is 6.91. The van der Waals surface area contributed by atoms with Gasteiger partial charge in [0.05, 0.1) is 37.6 Å². The van der Waals surface area contributed by atoms with Crippen molar-refractivity contribution in [3.8, 4) is 0 Å². The van der Waals surface area contributed by atoms with Crippen molar-refractivity contribution < 1.29 is 58.8 Å². The summed E-state index contributed by atoms with van der Waals surface area (Å²) in [4.78, 5) is 23.9. The second-order valence-corrected chi connectivity index (χ2v) is 8.13. The molecule has 2 aliphatic heterocycles. The SMILES string of the molecule is COC(=O)C1=CO[C@@H](O[C@H]2O[C@H](CO)[C@@H](O)[C@H](O)[C@@H]2O)[C@H]2[C@@H]1[C@H](O)C[C@]2(C)OC(C)=O. The maximum Gasteiger partial charge on any atom is 0.337 e. The van der Waals surface area contributed by atoms with Crippen LogP contribution in [0.15, 0.2) is 11.8 Å². The number of carbonyl (C=O) groups excluding carboxylic acids is 2. The van der Waals surface area contributed by atoms with E-state index in [9.17, 15) is 35.1 Å². The number of rotatable bonds is 5. The predicted octanol–water partition coefficient (Wildman–Crippen LogP) is -2.47. The molecule has 176 valence electrons. The van der Waals surface area contributed by atoms with Crippen LogP contribution >= 0.6 is 0 Å². The number of methoxy groups -OCH3 is 1. The van der Waals surface area contributed by atoms with Crippen LogP contribution in [0.5, 0.6) is 0 Å². The Balaban J connectivity index is 1.93. The van der Waals surface area contributed by atoms with E-state index in [1.54, 1.807) is 6.92 Å². The monoisotopic (exact) mass is 448 g/mol. The zero-order valence-electron chi connectivity index (χ0n) is 17.3. The van der Waals surface area contributed by atoms with E-state index in [1.807, 2.05) is 0 Å². The van der Waals surface area contributed by atoms with E-state index in [0.29, 0.717) is 0 Å². The highest BCUT2D eigenvalue weighted by Gasteiger charge is 2.61. The van der Waals surface area contributed by atoms with E-state index in [1.165, 1.54) is 14.0 Å². The minimum atomic E-state index is -1.70. The average molecular weight is 448 g/mol. The molecule has 1 aliphatic carbocycles. The smallest absolute Gasteiger partial charge is 0.337 e. The molecule has 1 saturated carbocycles. The molecule has 3 aliphatic rings. The molecule has 3 rings (SSSR count). The lowest BCUT2D eigenvalue weighted by Gasteiger charge is -2.44. The lowest BCUT2D eigenvalue weighted by molar-refractivity contribution is -0.346. The predicted molar refractivity (Wildman–Crippen MR) is 97.6 cm³/mol. The Morgan fingerprint density at radius 3 is 2.42 bits per heavy atom. The highest BCUT2D eigenvalue weighted by molar-refractivity contribution is 5.89. The van der Waals surface area contributed by atoms with Crippen LogP contribution in [0.25, 0.3) is 0 Å². The minimum Gasteiger partial charge on any atom is -0.471 e. The third kappa shape index (κ3) is 4.29. The van der Waals surface area contributed by atoms with Gasteiger partial charge in [0.15, 0.2) is 6.29 Å². The summed E-state index contributed by atoms with van der Waals surface area (Å²) in [7, 11) is 1.17. The van der Waals surface area contributed by atoms with Crippen molar-refractivity contribution in [2.24, 2.45) is 11.8 Å². The molecule has 12 nitrogen and oxygen atoms in total. The number of esters is 2. The Morgan fingerprint density at radius 2 is 1.84 bits per heavy atom. The van der Waals surface area contributed by atoms with Gasteiger partial charge in [-0.1, -0.05) is 0 Å². The number of aliphatic hydroxyl groups excluding tert-OH is 5. The molecule has 0 aromatic heterocycles. The second kappa shape index (κ2) is 8.98. The Labute approximate surface area is 177 Å². The van der Waals surface area contributed by atoms with Gasteiger partial charge in [-0.3, -0.25) is 4.79 Å². The van der Waals surface area contributed by atoms with Crippen molar-refractivity contribution in [1.82, 2.24) is 0 Å². The molecule has 0 spiro atoms. The summed E-state index contributed by atoms with van der Waals surface area (Å²) in [5.41, 5.74) is -1.30. The van der Waals surface area contributed by atoms with Gasteiger partial charge in [-0.2, -0.15) is 0 Å². The maximum absolute atomic E-state index is 12.2. The molecule has 0 aromatic rings. The van der Waals surface area contributed by atoms with Crippen molar-refractivity contribution in [2.45, 2.75) is 69.0 Å². The van der Waals surface area contributed by atoms with Gasteiger partial charge in [0.2, 0.25) is 6.29 Å². The molecule has 31 heavy (non-hydrogen) atoms. The zero-order chi connectivity index (χ0) is 23.1. The van der Waals surface area contributed by atoms with Crippen LogP contribution in [0.4, 0.5) is 0 Å². The first kappa shape index (κ1) is 23.9. The van der Waals surface area contributed by atoms with E-state index >= 15 is 0 Å². The van der Waals surface area contributed by atoms with Crippen LogP contribution in [-0.2, 0) is 33.3 Å². The molecular weight excluding hydrogens is 420 g/mol. The van der Waals surface area contributed by atoms with Crippen molar-refractivity contribution in [3.05, 3.63) is 11.8 Å². The average Bonchev–Trinajstić information content (AvgIpc) is 2.98. The molecule has 0 aromatic carbocycles. The van der Waals surface area contributed by atoms with E-state index in [0.717, 1.165) is 6.26 Å². The number of aliphatic hydroxyl groups is 5. The van der Waals surface area contributed by atoms with Crippen molar-refractivity contribution in [1.29, 1.82) is 0 Å². The summed E-state index contributed by atoms with van der Waals surface area (Å²) in [6.45, 7) is 2.09. The molecule has 1 saturated heterocycles. The molecule has 2 heterocycles. The molecule has 0 bridgehead atoms. The Bertz CT molecular complexity index is 723. The molecular formula is C19H28O12. The van der Waals surface area contributed by atoms with Gasteiger partial charge >= 0.3 is 11.9 Å². The molecule has 5 N–H and O–H groups in total. The van der Waals surface area contributed by atoms with Gasteiger partial charge in [0.25, 0.3) is 0 Å². The standard InChI is InChI=1S/C19H28O12/c1-7(21)31-19(2)4-9(22)11-8(16(26)27-3)6-28-17(12(11)19)30-18-15(25)14(24)13(23)10(5-20)29-18/h6,9-15,17-18,20,22-25H,4-5H2,1-3H3/t9-,10-,11+,12-,13-,14+,15+,17+,18-,19+/m1/s1. The quantitative estimate of drug-likeness (QED) is 0.280. The summed E-state index contributed by atoms with van der Waals surface area (Å²) in [6.07, 6.45) is -9.07. The largest absolute Gasteiger partial charge is 0.471 e. The van der Waals surface area contributed by atoms with E-state index in [-0.39, 0.29) is 12.0 Å². The van der Waals surface area contributed by atoms with Gasteiger partial charge in [-0.15, -0.1) is 0 Å². The first-order valence-corrected chi connectivity index (χ1v) is 9.81. The highest BCUT2D eigenvalue weighted by atomic mass is 16.8. The second-order valence-electron chi connectivity index (χ2n) is 8.13. The molecule has 2 fully saturated rings. The fraction of sp³-hybridized carbons (Fsp3) is 0.789. The summed E-state index contributed by atoms with van der Waals surface area (Å²) in [6, 6.07) is 0. The number of ether oxygens (including phenoxy) is 5. The fourth-order valence-corrected chi connectivity index (χ4v) is 4.63. The maximum atomic E-state index is 12.2. The Morgan fingerprint density at radius 1 is 1.16 bits per heavy atom. The fourth-order valence-electron chi connectivity index (χ4n) is 4.63. The van der Waals surface area contributed by atoms with E-state index < -0.39 is 79.1 Å². The van der Waals surface area contributed by atoms with Gasteiger partial charge in [0, 0.05) is 19.3 Å². The lowest BCUT2D eigenvalue weighted by atomic mass is 9.80. The molecule has 12 heteroatoms. The van der Waals surface area contributed by atoms with E-state index in [4.69, 9.17) is 23.7 Å². The third-order valence-electron chi connectivity index (χ3n) is 6.02.